The van der Waals surface area contributed by atoms with E-state index in [1.165, 1.54) is 7.11 Å². The number of hydrogen-bond acceptors (Lipinski definition) is 7. The van der Waals surface area contributed by atoms with Gasteiger partial charge in [-0.2, -0.15) is 13.2 Å². The lowest BCUT2D eigenvalue weighted by Gasteiger charge is -2.48. The molecule has 2 aromatic carbocycles. The molecule has 0 amide bonds. The summed E-state index contributed by atoms with van der Waals surface area (Å²) in [6.07, 6.45) is -3.21. The van der Waals surface area contributed by atoms with Crippen LogP contribution in [-0.2, 0) is 21.0 Å². The monoisotopic (exact) mass is 610 g/mol. The Labute approximate surface area is 239 Å². The third kappa shape index (κ3) is 5.92. The van der Waals surface area contributed by atoms with Gasteiger partial charge >= 0.3 is 12.1 Å². The summed E-state index contributed by atoms with van der Waals surface area (Å²) in [6, 6.07) is 9.87. The number of aromatic nitrogens is 1. The Balaban J connectivity index is 1.60. The molecule has 0 spiro atoms. The molecule has 1 atom stereocenters. The Morgan fingerprint density at radius 1 is 1.12 bits per heavy atom. The van der Waals surface area contributed by atoms with Gasteiger partial charge in [0.2, 0.25) is 0 Å². The molecule has 218 valence electrons. The van der Waals surface area contributed by atoms with E-state index in [4.69, 9.17) is 21.4 Å². The first kappa shape index (κ1) is 29.0. The van der Waals surface area contributed by atoms with Crippen molar-refractivity contribution in [1.29, 1.82) is 0 Å². The van der Waals surface area contributed by atoms with Crippen molar-refractivity contribution in [2.24, 2.45) is 0 Å². The number of carbonyl (C=O) groups is 1. The molecule has 1 N–H and O–H groups in total. The van der Waals surface area contributed by atoms with E-state index < -0.39 is 38.7 Å². The normalized spacial score (nSPS) is 17.6. The van der Waals surface area contributed by atoms with Crippen LogP contribution in [0.25, 0.3) is 11.1 Å². The summed E-state index contributed by atoms with van der Waals surface area (Å²) in [5.41, 5.74) is 0.288. The number of fused-ring (bicyclic) bond motifs is 3. The first-order valence-electron chi connectivity index (χ1n) is 12.6. The van der Waals surface area contributed by atoms with E-state index >= 15 is 0 Å². The highest BCUT2D eigenvalue weighted by Gasteiger charge is 2.41. The van der Waals surface area contributed by atoms with Crippen LogP contribution >= 0.6 is 11.6 Å². The maximum Gasteiger partial charge on any atom is 0.416 e. The Bertz CT molecular complexity index is 1590. The number of halogens is 4. The van der Waals surface area contributed by atoms with E-state index in [-0.39, 0.29) is 25.2 Å². The minimum absolute atomic E-state index is 0.0692. The number of pyridine rings is 1. The maximum absolute atomic E-state index is 14.0. The molecule has 2 aliphatic heterocycles. The smallest absolute Gasteiger partial charge is 0.416 e. The number of aliphatic carboxylic acids is 1. The van der Waals surface area contributed by atoms with Crippen LogP contribution in [-0.4, -0.2) is 75.3 Å². The van der Waals surface area contributed by atoms with Gasteiger partial charge in [0.05, 0.1) is 42.3 Å². The highest BCUT2D eigenvalue weighted by Crippen LogP contribution is 2.42. The van der Waals surface area contributed by atoms with Crippen molar-refractivity contribution in [2.45, 2.75) is 23.5 Å². The number of alkyl halides is 3. The van der Waals surface area contributed by atoms with Gasteiger partial charge < -0.3 is 14.7 Å². The molecule has 9 nitrogen and oxygen atoms in total. The topological polar surface area (TPSA) is 103 Å². The highest BCUT2D eigenvalue weighted by molar-refractivity contribution is 7.92. The average molecular weight is 611 g/mol. The molecular formula is C27H26ClF3N4O5S. The summed E-state index contributed by atoms with van der Waals surface area (Å²) >= 11 is 6.26. The highest BCUT2D eigenvalue weighted by atomic mass is 35.5. The van der Waals surface area contributed by atoms with E-state index in [2.05, 4.69) is 4.98 Å². The molecular weight excluding hydrogens is 585 g/mol. The number of anilines is 2. The number of sulfonamides is 1. The number of benzene rings is 2. The van der Waals surface area contributed by atoms with Gasteiger partial charge in [0.25, 0.3) is 10.0 Å². The summed E-state index contributed by atoms with van der Waals surface area (Å²) in [7, 11) is -2.98. The summed E-state index contributed by atoms with van der Waals surface area (Å²) in [5.74, 6) is -0.0920. The van der Waals surface area contributed by atoms with Crippen molar-refractivity contribution < 1.29 is 36.2 Å². The van der Waals surface area contributed by atoms with Crippen LogP contribution in [0.1, 0.15) is 12.0 Å². The zero-order chi connectivity index (χ0) is 29.5. The standard InChI is InChI=1S/C27H26ClF3N4O5S/c1-40-22-10-17(9-20(28)13-22)18-11-24-26(32-14-18)34-8-7-33(6-5-25(36)37)15-21(34)16-35(24)41(38,39)23-4-2-3-19(12-23)27(29,30)31/h2-4,9-14,21H,5-8,15-16H2,1H3,(H,36,37)/t21-/m0/s1. The fourth-order valence-electron chi connectivity index (χ4n) is 5.14. The van der Waals surface area contributed by atoms with Gasteiger partial charge in [0.15, 0.2) is 5.82 Å². The molecule has 0 bridgehead atoms. The van der Waals surface area contributed by atoms with Gasteiger partial charge in [-0.05, 0) is 48.0 Å². The van der Waals surface area contributed by atoms with Gasteiger partial charge in [0.1, 0.15) is 5.75 Å². The number of carboxylic acid groups (broad SMARTS) is 1. The van der Waals surface area contributed by atoms with E-state index in [0.717, 1.165) is 22.5 Å². The third-order valence-electron chi connectivity index (χ3n) is 7.16. The molecule has 0 saturated carbocycles. The minimum Gasteiger partial charge on any atom is -0.497 e. The largest absolute Gasteiger partial charge is 0.497 e. The Kier molecular flexibility index (Phi) is 7.79. The molecule has 0 aliphatic carbocycles. The summed E-state index contributed by atoms with van der Waals surface area (Å²) < 4.78 is 74.8. The lowest BCUT2D eigenvalue weighted by molar-refractivity contribution is -0.138. The van der Waals surface area contributed by atoms with Crippen LogP contribution in [0.3, 0.4) is 0 Å². The number of carboxylic acids is 1. The number of methoxy groups -OCH3 is 1. The lowest BCUT2D eigenvalue weighted by atomic mass is 10.0. The molecule has 5 rings (SSSR count). The molecule has 0 unspecified atom stereocenters. The quantitative estimate of drug-likeness (QED) is 0.414. The van der Waals surface area contributed by atoms with Crippen molar-refractivity contribution >= 4 is 39.1 Å². The van der Waals surface area contributed by atoms with Gasteiger partial charge in [-0.25, -0.2) is 13.4 Å². The predicted molar refractivity (Wildman–Crippen MR) is 147 cm³/mol. The van der Waals surface area contributed by atoms with Crippen LogP contribution in [0.4, 0.5) is 24.7 Å². The zero-order valence-electron chi connectivity index (χ0n) is 21.8. The maximum atomic E-state index is 14.0. The van der Waals surface area contributed by atoms with Crippen molar-refractivity contribution in [1.82, 2.24) is 9.88 Å². The minimum atomic E-state index is -4.73. The first-order chi connectivity index (χ1) is 19.4. The predicted octanol–water partition coefficient (Wildman–Crippen LogP) is 4.60. The first-order valence-corrected chi connectivity index (χ1v) is 14.4. The molecule has 41 heavy (non-hydrogen) atoms. The molecule has 14 heteroatoms. The molecule has 1 fully saturated rings. The van der Waals surface area contributed by atoms with E-state index in [1.807, 2.05) is 9.80 Å². The number of ether oxygens (including phenoxy) is 1. The number of piperazine rings is 1. The molecule has 2 aliphatic rings. The van der Waals surface area contributed by atoms with Gasteiger partial charge in [-0.1, -0.05) is 17.7 Å². The molecule has 0 radical (unpaired) electrons. The van der Waals surface area contributed by atoms with Gasteiger partial charge in [-0.3, -0.25) is 14.0 Å². The van der Waals surface area contributed by atoms with Crippen molar-refractivity contribution in [3.05, 3.63) is 65.3 Å². The van der Waals surface area contributed by atoms with E-state index in [0.29, 0.717) is 53.4 Å². The van der Waals surface area contributed by atoms with Crippen LogP contribution in [0, 0.1) is 0 Å². The van der Waals surface area contributed by atoms with Crippen LogP contribution < -0.4 is 13.9 Å². The lowest BCUT2D eigenvalue weighted by Crippen LogP contribution is -2.61. The third-order valence-corrected chi connectivity index (χ3v) is 9.16. The van der Waals surface area contributed by atoms with Gasteiger partial charge in [0, 0.05) is 43.0 Å². The SMILES string of the molecule is COc1cc(Cl)cc(-c2cnc3c(c2)N(S(=O)(=O)c2cccc(C(F)(F)F)c2)C[C@@H]2CN(CCC(=O)O)CCN32)c1. The molecule has 3 aromatic rings. The van der Waals surface area contributed by atoms with Crippen molar-refractivity contribution in [2.75, 3.05) is 49.0 Å². The fraction of sp³-hybridized carbons (Fsp3) is 0.333. The molecule has 1 aromatic heterocycles. The van der Waals surface area contributed by atoms with Crippen LogP contribution in [0.15, 0.2) is 59.6 Å². The second-order valence-corrected chi connectivity index (χ2v) is 12.1. The Morgan fingerprint density at radius 3 is 2.61 bits per heavy atom. The van der Waals surface area contributed by atoms with Gasteiger partial charge in [-0.15, -0.1) is 0 Å². The van der Waals surface area contributed by atoms with Crippen molar-refractivity contribution in [3.63, 3.8) is 0 Å². The Hall–Kier alpha value is -3.55. The number of rotatable bonds is 7. The second kappa shape index (κ2) is 11.0. The second-order valence-electron chi connectivity index (χ2n) is 9.80. The Morgan fingerprint density at radius 2 is 1.90 bits per heavy atom. The average Bonchev–Trinajstić information content (AvgIpc) is 2.94. The number of hydrogen-bond donors (Lipinski definition) is 1. The summed E-state index contributed by atoms with van der Waals surface area (Å²) in [5, 5.41) is 9.49. The molecule has 1 saturated heterocycles. The fourth-order valence-corrected chi connectivity index (χ4v) is 6.91. The number of nitrogens with zero attached hydrogens (tertiary/aromatic N) is 4. The van der Waals surface area contributed by atoms with E-state index in [9.17, 15) is 26.4 Å². The van der Waals surface area contributed by atoms with Crippen LogP contribution in [0.2, 0.25) is 5.02 Å². The summed E-state index contributed by atoms with van der Waals surface area (Å²) in [6.45, 7) is 1.58. The van der Waals surface area contributed by atoms with Crippen molar-refractivity contribution in [3.8, 4) is 16.9 Å². The van der Waals surface area contributed by atoms with Crippen LogP contribution in [0.5, 0.6) is 5.75 Å². The molecule has 3 heterocycles. The zero-order valence-corrected chi connectivity index (χ0v) is 23.4. The summed E-state index contributed by atoms with van der Waals surface area (Å²) in [4.78, 5) is 19.1. The van der Waals surface area contributed by atoms with E-state index in [1.54, 1.807) is 30.5 Å².